The van der Waals surface area contributed by atoms with Crippen molar-refractivity contribution < 1.29 is 18.8 Å². The van der Waals surface area contributed by atoms with Crippen LogP contribution in [0.15, 0.2) is 41.1 Å². The first-order valence-corrected chi connectivity index (χ1v) is 11.2. The van der Waals surface area contributed by atoms with E-state index in [-0.39, 0.29) is 24.6 Å². The molecule has 1 heterocycles. The Bertz CT molecular complexity index is 887. The smallest absolute Gasteiger partial charge is 0.409 e. The van der Waals surface area contributed by atoms with Gasteiger partial charge in [-0.25, -0.2) is 4.79 Å². The standard InChI is InChI=1S/C24H34N4O4/c1-24(2,25)22(29)26-20(11-7-10-17-8-5-4-6-9-17)21-18(16-32-27-21)14-15-31-23(30)28(3)19-12-13-19/h4-6,8-9,16,19-20H,7,10-15,25H2,1-3H3,(H,26,29). The Morgan fingerprint density at radius 2 is 2.00 bits per heavy atom. The number of nitrogens with one attached hydrogen (secondary N) is 1. The van der Waals surface area contributed by atoms with E-state index in [1.54, 1.807) is 32.1 Å². The number of amides is 2. The molecule has 0 spiro atoms. The Kier molecular flexibility index (Phi) is 7.90. The zero-order chi connectivity index (χ0) is 23.1. The maximum atomic E-state index is 12.6. The average molecular weight is 443 g/mol. The first-order chi connectivity index (χ1) is 15.3. The van der Waals surface area contributed by atoms with Crippen LogP contribution in [0.3, 0.4) is 0 Å². The molecule has 1 unspecified atom stereocenters. The zero-order valence-corrected chi connectivity index (χ0v) is 19.2. The lowest BCUT2D eigenvalue weighted by atomic mass is 9.98. The van der Waals surface area contributed by atoms with Crippen molar-refractivity contribution in [2.24, 2.45) is 5.73 Å². The van der Waals surface area contributed by atoms with Gasteiger partial charge in [0, 0.05) is 25.1 Å². The molecule has 1 atom stereocenters. The number of nitrogens with zero attached hydrogens (tertiary/aromatic N) is 2. The largest absolute Gasteiger partial charge is 0.449 e. The SMILES string of the molecule is CN(C(=O)OCCc1conc1C(CCCc1ccccc1)NC(=O)C(C)(C)N)C1CC1. The lowest BCUT2D eigenvalue weighted by Gasteiger charge is -2.24. The van der Waals surface area contributed by atoms with Gasteiger partial charge in [0.1, 0.15) is 12.0 Å². The summed E-state index contributed by atoms with van der Waals surface area (Å²) in [4.78, 5) is 26.3. The van der Waals surface area contributed by atoms with Gasteiger partial charge in [0.2, 0.25) is 5.91 Å². The number of aryl methyl sites for hydroxylation is 1. The Morgan fingerprint density at radius 1 is 1.28 bits per heavy atom. The third-order valence-electron chi connectivity index (χ3n) is 5.68. The van der Waals surface area contributed by atoms with Gasteiger partial charge in [-0.15, -0.1) is 0 Å². The highest BCUT2D eigenvalue weighted by Crippen LogP contribution is 2.26. The van der Waals surface area contributed by atoms with Gasteiger partial charge >= 0.3 is 6.09 Å². The average Bonchev–Trinajstić information content (AvgIpc) is 3.51. The van der Waals surface area contributed by atoms with Crippen LogP contribution in [0.4, 0.5) is 4.79 Å². The molecule has 2 amide bonds. The summed E-state index contributed by atoms with van der Waals surface area (Å²) in [5.41, 5.74) is 7.69. The van der Waals surface area contributed by atoms with Crippen LogP contribution in [0, 0.1) is 0 Å². The van der Waals surface area contributed by atoms with Crippen molar-refractivity contribution in [3.8, 4) is 0 Å². The van der Waals surface area contributed by atoms with Crippen LogP contribution in [0.1, 0.15) is 62.4 Å². The molecule has 0 bridgehead atoms. The van der Waals surface area contributed by atoms with Gasteiger partial charge in [-0.3, -0.25) is 4.79 Å². The monoisotopic (exact) mass is 442 g/mol. The molecule has 8 nitrogen and oxygen atoms in total. The van der Waals surface area contributed by atoms with Crippen LogP contribution in [0.25, 0.3) is 0 Å². The first kappa shape index (κ1) is 23.8. The first-order valence-electron chi connectivity index (χ1n) is 11.2. The van der Waals surface area contributed by atoms with Crippen LogP contribution < -0.4 is 11.1 Å². The van der Waals surface area contributed by atoms with Crippen molar-refractivity contribution in [2.45, 2.75) is 70.0 Å². The summed E-state index contributed by atoms with van der Waals surface area (Å²) >= 11 is 0. The van der Waals surface area contributed by atoms with Gasteiger partial charge in [-0.1, -0.05) is 35.5 Å². The molecule has 1 aromatic heterocycles. The van der Waals surface area contributed by atoms with E-state index in [1.807, 2.05) is 18.2 Å². The van der Waals surface area contributed by atoms with Gasteiger partial charge in [-0.05, 0) is 51.5 Å². The minimum Gasteiger partial charge on any atom is -0.449 e. The zero-order valence-electron chi connectivity index (χ0n) is 19.2. The number of aromatic nitrogens is 1. The van der Waals surface area contributed by atoms with Crippen LogP contribution in [-0.2, 0) is 22.4 Å². The van der Waals surface area contributed by atoms with Crippen LogP contribution in [0.2, 0.25) is 0 Å². The molecule has 8 heteroatoms. The van der Waals surface area contributed by atoms with Crippen molar-refractivity contribution in [3.63, 3.8) is 0 Å². The molecule has 3 rings (SSSR count). The maximum Gasteiger partial charge on any atom is 0.409 e. The van der Waals surface area contributed by atoms with E-state index in [0.29, 0.717) is 24.6 Å². The third-order valence-corrected chi connectivity index (χ3v) is 5.68. The van der Waals surface area contributed by atoms with Crippen LogP contribution >= 0.6 is 0 Å². The fourth-order valence-corrected chi connectivity index (χ4v) is 3.48. The second kappa shape index (κ2) is 10.6. The van der Waals surface area contributed by atoms with Crippen LogP contribution in [0.5, 0.6) is 0 Å². The molecule has 1 aliphatic carbocycles. The highest BCUT2D eigenvalue weighted by Gasteiger charge is 2.31. The third kappa shape index (κ3) is 6.82. The van der Waals surface area contributed by atoms with Crippen molar-refractivity contribution in [1.82, 2.24) is 15.4 Å². The van der Waals surface area contributed by atoms with E-state index in [0.717, 1.165) is 31.2 Å². The van der Waals surface area contributed by atoms with Gasteiger partial charge in [0.15, 0.2) is 0 Å². The van der Waals surface area contributed by atoms with Crippen molar-refractivity contribution in [3.05, 3.63) is 53.4 Å². The minimum absolute atomic E-state index is 0.219. The number of ether oxygens (including phenoxy) is 1. The Balaban J connectivity index is 1.62. The number of rotatable bonds is 11. The molecule has 0 radical (unpaired) electrons. The summed E-state index contributed by atoms with van der Waals surface area (Å²) in [6, 6.07) is 10.2. The summed E-state index contributed by atoms with van der Waals surface area (Å²) in [6.45, 7) is 3.56. The number of benzene rings is 1. The lowest BCUT2D eigenvalue weighted by molar-refractivity contribution is -0.126. The predicted molar refractivity (Wildman–Crippen MR) is 121 cm³/mol. The van der Waals surface area contributed by atoms with Crippen LogP contribution in [-0.4, -0.2) is 47.3 Å². The number of carbonyl (C=O) groups is 2. The van der Waals surface area contributed by atoms with E-state index in [2.05, 4.69) is 22.6 Å². The summed E-state index contributed by atoms with van der Waals surface area (Å²) in [6.07, 6.45) is 6.18. The van der Waals surface area contributed by atoms with Crippen molar-refractivity contribution in [2.75, 3.05) is 13.7 Å². The Morgan fingerprint density at radius 3 is 2.66 bits per heavy atom. The van der Waals surface area contributed by atoms with E-state index in [1.165, 1.54) is 5.56 Å². The molecule has 1 fully saturated rings. The number of hydrogen-bond donors (Lipinski definition) is 2. The molecule has 174 valence electrons. The molecule has 1 aliphatic rings. The molecule has 0 saturated heterocycles. The van der Waals surface area contributed by atoms with Gasteiger partial charge in [0.05, 0.1) is 18.2 Å². The summed E-state index contributed by atoms with van der Waals surface area (Å²) in [5.74, 6) is -0.256. The second-order valence-electron chi connectivity index (χ2n) is 9.06. The van der Waals surface area contributed by atoms with E-state index >= 15 is 0 Å². The lowest BCUT2D eigenvalue weighted by Crippen LogP contribution is -2.50. The molecule has 3 N–H and O–H groups in total. The van der Waals surface area contributed by atoms with E-state index in [4.69, 9.17) is 15.0 Å². The quantitative estimate of drug-likeness (QED) is 0.552. The summed E-state index contributed by atoms with van der Waals surface area (Å²) in [7, 11) is 1.76. The van der Waals surface area contributed by atoms with Gasteiger partial charge in [-0.2, -0.15) is 0 Å². The number of carbonyl (C=O) groups excluding carboxylic acids is 2. The molecule has 2 aromatic rings. The highest BCUT2D eigenvalue weighted by molar-refractivity contribution is 5.85. The van der Waals surface area contributed by atoms with Crippen molar-refractivity contribution in [1.29, 1.82) is 0 Å². The van der Waals surface area contributed by atoms with Gasteiger partial charge in [0.25, 0.3) is 0 Å². The topological polar surface area (TPSA) is 111 Å². The normalized spacial score (nSPS) is 14.6. The molecule has 0 aliphatic heterocycles. The number of nitrogens with two attached hydrogens (primary N) is 1. The molecule has 32 heavy (non-hydrogen) atoms. The fourth-order valence-electron chi connectivity index (χ4n) is 3.48. The second-order valence-corrected chi connectivity index (χ2v) is 9.06. The highest BCUT2D eigenvalue weighted by atomic mass is 16.6. The molecular formula is C24H34N4O4. The maximum absolute atomic E-state index is 12.6. The van der Waals surface area contributed by atoms with E-state index in [9.17, 15) is 9.59 Å². The van der Waals surface area contributed by atoms with E-state index < -0.39 is 5.54 Å². The Labute approximate surface area is 189 Å². The Hall–Kier alpha value is -2.87. The number of hydrogen-bond acceptors (Lipinski definition) is 6. The van der Waals surface area contributed by atoms with Gasteiger partial charge < -0.3 is 25.2 Å². The minimum atomic E-state index is -1.01. The van der Waals surface area contributed by atoms with Crippen molar-refractivity contribution >= 4 is 12.0 Å². The fraction of sp³-hybridized carbons (Fsp3) is 0.542. The molecule has 1 aromatic carbocycles. The molecule has 1 saturated carbocycles. The summed E-state index contributed by atoms with van der Waals surface area (Å²) < 4.78 is 10.6. The summed E-state index contributed by atoms with van der Waals surface area (Å²) in [5, 5.41) is 7.19. The predicted octanol–water partition coefficient (Wildman–Crippen LogP) is 3.37. The molecular weight excluding hydrogens is 408 g/mol.